The third kappa shape index (κ3) is 7.03. The molecule has 3 rings (SSSR count). The van der Waals surface area contributed by atoms with E-state index in [0.717, 1.165) is 14.8 Å². The number of benzene rings is 3. The Kier molecular flexibility index (Phi) is 9.05. The zero-order valence-corrected chi connectivity index (χ0v) is 22.7. The van der Waals surface area contributed by atoms with Crippen LogP contribution >= 0.6 is 45.2 Å². The fourth-order valence-electron chi connectivity index (χ4n) is 2.88. The summed E-state index contributed by atoms with van der Waals surface area (Å²) in [6, 6.07) is 19.7. The zero-order valence-electron chi connectivity index (χ0n) is 18.4. The summed E-state index contributed by atoms with van der Waals surface area (Å²) in [4.78, 5) is 27.6. The first kappa shape index (κ1) is 25.7. The Morgan fingerprint density at radius 1 is 1.00 bits per heavy atom. The van der Waals surface area contributed by atoms with Gasteiger partial charge in [0.1, 0.15) is 11.4 Å². The summed E-state index contributed by atoms with van der Waals surface area (Å²) in [5, 5.41) is 16.9. The van der Waals surface area contributed by atoms with Crippen molar-refractivity contribution < 1.29 is 14.7 Å². The summed E-state index contributed by atoms with van der Waals surface area (Å²) in [5.41, 5.74) is 5.09. The molecule has 0 saturated heterocycles. The van der Waals surface area contributed by atoms with Gasteiger partial charge in [-0.2, -0.15) is 5.10 Å². The summed E-state index contributed by atoms with van der Waals surface area (Å²) >= 11 is 4.16. The van der Waals surface area contributed by atoms with Crippen LogP contribution in [0.15, 0.2) is 77.5 Å². The number of rotatable bonds is 7. The Balaban J connectivity index is 1.84. The maximum Gasteiger partial charge on any atom is 0.287 e. The zero-order chi connectivity index (χ0) is 24.7. The SMILES string of the molecule is CN(C)c1ccc(/C=C(/NC(=O)c2ccccc2)C(=O)N/N=C\c2cc(I)cc(I)c2O)cc1. The van der Waals surface area contributed by atoms with Gasteiger partial charge in [0, 0.05) is 34.5 Å². The highest BCUT2D eigenvalue weighted by Gasteiger charge is 2.14. The number of carbonyl (C=O) groups excluding carboxylic acids is 2. The van der Waals surface area contributed by atoms with E-state index in [4.69, 9.17) is 0 Å². The molecule has 0 aliphatic heterocycles. The number of hydrogen-bond donors (Lipinski definition) is 3. The summed E-state index contributed by atoms with van der Waals surface area (Å²) in [6.07, 6.45) is 2.94. The van der Waals surface area contributed by atoms with Gasteiger partial charge in [-0.25, -0.2) is 5.43 Å². The van der Waals surface area contributed by atoms with Gasteiger partial charge in [0.2, 0.25) is 0 Å². The molecule has 3 N–H and O–H groups in total. The van der Waals surface area contributed by atoms with E-state index in [1.54, 1.807) is 36.4 Å². The molecule has 0 aliphatic rings. The molecule has 0 fully saturated rings. The number of hydrazone groups is 1. The summed E-state index contributed by atoms with van der Waals surface area (Å²) in [7, 11) is 3.88. The van der Waals surface area contributed by atoms with Crippen molar-refractivity contribution in [3.8, 4) is 5.75 Å². The molecule has 0 unspecified atom stereocenters. The van der Waals surface area contributed by atoms with Crippen LogP contribution in [-0.2, 0) is 4.79 Å². The van der Waals surface area contributed by atoms with Crippen LogP contribution in [0.25, 0.3) is 6.08 Å². The Morgan fingerprint density at radius 2 is 1.68 bits per heavy atom. The van der Waals surface area contributed by atoms with E-state index in [-0.39, 0.29) is 11.4 Å². The van der Waals surface area contributed by atoms with E-state index in [9.17, 15) is 14.7 Å². The fourth-order valence-corrected chi connectivity index (χ4v) is 4.77. The predicted molar refractivity (Wildman–Crippen MR) is 152 cm³/mol. The Hall–Kier alpha value is -2.93. The second-order valence-electron chi connectivity index (χ2n) is 7.39. The van der Waals surface area contributed by atoms with Crippen molar-refractivity contribution in [1.29, 1.82) is 0 Å². The monoisotopic (exact) mass is 680 g/mol. The van der Waals surface area contributed by atoms with Gasteiger partial charge in [0.05, 0.1) is 9.78 Å². The number of nitrogens with zero attached hydrogens (tertiary/aromatic N) is 2. The molecule has 0 aromatic heterocycles. The first-order valence-electron chi connectivity index (χ1n) is 10.1. The van der Waals surface area contributed by atoms with Gasteiger partial charge >= 0.3 is 0 Å². The maximum atomic E-state index is 12.9. The average molecular weight is 680 g/mol. The van der Waals surface area contributed by atoms with Crippen LogP contribution in [0.1, 0.15) is 21.5 Å². The number of hydrogen-bond acceptors (Lipinski definition) is 5. The molecule has 7 nitrogen and oxygen atoms in total. The van der Waals surface area contributed by atoms with Gasteiger partial charge in [0.25, 0.3) is 11.8 Å². The Bertz CT molecular complexity index is 1240. The molecule has 0 atom stereocenters. The molecule has 0 saturated carbocycles. The first-order valence-corrected chi connectivity index (χ1v) is 12.3. The normalized spacial score (nSPS) is 11.4. The van der Waals surface area contributed by atoms with Gasteiger partial charge in [-0.15, -0.1) is 0 Å². The predicted octanol–water partition coefficient (Wildman–Crippen LogP) is 4.59. The summed E-state index contributed by atoms with van der Waals surface area (Å²) < 4.78 is 1.60. The van der Waals surface area contributed by atoms with Gasteiger partial charge in [-0.3, -0.25) is 9.59 Å². The molecule has 0 spiro atoms. The van der Waals surface area contributed by atoms with Crippen molar-refractivity contribution in [1.82, 2.24) is 10.7 Å². The number of carbonyl (C=O) groups is 2. The van der Waals surface area contributed by atoms with Crippen molar-refractivity contribution in [2.75, 3.05) is 19.0 Å². The van der Waals surface area contributed by atoms with E-state index in [0.29, 0.717) is 14.7 Å². The lowest BCUT2D eigenvalue weighted by Gasteiger charge is -2.12. The molecule has 0 heterocycles. The molecular weight excluding hydrogens is 658 g/mol. The van der Waals surface area contributed by atoms with Gasteiger partial charge in [-0.1, -0.05) is 30.3 Å². The molecular formula is C25H22I2N4O3. The smallest absolute Gasteiger partial charge is 0.287 e. The molecule has 9 heteroatoms. The molecule has 2 amide bonds. The van der Waals surface area contributed by atoms with E-state index in [2.05, 4.69) is 38.4 Å². The number of phenolic OH excluding ortho intramolecular Hbond substituents is 1. The minimum Gasteiger partial charge on any atom is -0.506 e. The molecule has 0 bridgehead atoms. The minimum absolute atomic E-state index is 0.0325. The third-order valence-electron chi connectivity index (χ3n) is 4.68. The first-order chi connectivity index (χ1) is 16.2. The average Bonchev–Trinajstić information content (AvgIpc) is 2.82. The lowest BCUT2D eigenvalue weighted by Crippen LogP contribution is -2.32. The van der Waals surface area contributed by atoms with Gasteiger partial charge < -0.3 is 15.3 Å². The fraction of sp³-hybridized carbons (Fsp3) is 0.0800. The lowest BCUT2D eigenvalue weighted by molar-refractivity contribution is -0.117. The summed E-state index contributed by atoms with van der Waals surface area (Å²) in [5.74, 6) is -0.939. The van der Waals surface area contributed by atoms with E-state index < -0.39 is 11.8 Å². The largest absolute Gasteiger partial charge is 0.506 e. The van der Waals surface area contributed by atoms with Crippen LogP contribution in [-0.4, -0.2) is 37.2 Å². The van der Waals surface area contributed by atoms with Crippen molar-refractivity contribution in [3.63, 3.8) is 0 Å². The van der Waals surface area contributed by atoms with Crippen molar-refractivity contribution >= 4 is 75.0 Å². The highest BCUT2D eigenvalue weighted by Crippen LogP contribution is 2.25. The molecule has 34 heavy (non-hydrogen) atoms. The van der Waals surface area contributed by atoms with Gasteiger partial charge in [0.15, 0.2) is 0 Å². The van der Waals surface area contributed by atoms with Crippen molar-refractivity contribution in [2.45, 2.75) is 0 Å². The van der Waals surface area contributed by atoms with Crippen LogP contribution in [0.4, 0.5) is 5.69 Å². The molecule has 174 valence electrons. The third-order valence-corrected chi connectivity index (χ3v) is 6.12. The second kappa shape index (κ2) is 12.0. The number of nitrogens with one attached hydrogen (secondary N) is 2. The Labute approximate surface area is 225 Å². The maximum absolute atomic E-state index is 12.9. The molecule has 0 radical (unpaired) electrons. The number of amides is 2. The molecule has 3 aromatic rings. The number of phenols is 1. The number of aromatic hydroxyl groups is 1. The molecule has 0 aliphatic carbocycles. The van der Waals surface area contributed by atoms with Crippen molar-refractivity contribution in [3.05, 3.63) is 96.3 Å². The van der Waals surface area contributed by atoms with Gasteiger partial charge in [-0.05, 0) is 93.2 Å². The van der Waals surface area contributed by atoms with Crippen molar-refractivity contribution in [2.24, 2.45) is 5.10 Å². The van der Waals surface area contributed by atoms with E-state index >= 15 is 0 Å². The van der Waals surface area contributed by atoms with E-state index in [1.165, 1.54) is 6.21 Å². The Morgan fingerprint density at radius 3 is 2.32 bits per heavy atom. The molecule has 3 aromatic carbocycles. The summed E-state index contributed by atoms with van der Waals surface area (Å²) in [6.45, 7) is 0. The number of halogens is 2. The van der Waals surface area contributed by atoms with Crippen LogP contribution in [0.2, 0.25) is 0 Å². The van der Waals surface area contributed by atoms with E-state index in [1.807, 2.05) is 78.0 Å². The standard InChI is InChI=1S/C25H22I2N4O3/c1-31(2)20-10-8-16(9-11-20)12-22(29-24(33)17-6-4-3-5-7-17)25(34)30-28-15-18-13-19(26)14-21(27)23(18)32/h3-15,32H,1-2H3,(H,29,33)(H,30,34)/b22-12+,28-15-. The second-order valence-corrected chi connectivity index (χ2v) is 9.80. The lowest BCUT2D eigenvalue weighted by atomic mass is 10.1. The highest BCUT2D eigenvalue weighted by atomic mass is 127. The van der Waals surface area contributed by atoms with Crippen LogP contribution in [0.5, 0.6) is 5.75 Å². The highest BCUT2D eigenvalue weighted by molar-refractivity contribution is 14.1. The van der Waals surface area contributed by atoms with Crippen LogP contribution in [0.3, 0.4) is 0 Å². The van der Waals surface area contributed by atoms with Crippen LogP contribution in [0, 0.1) is 7.14 Å². The quantitative estimate of drug-likeness (QED) is 0.148. The minimum atomic E-state index is -0.600. The topological polar surface area (TPSA) is 94.0 Å². The van der Waals surface area contributed by atoms with Crippen LogP contribution < -0.4 is 15.6 Å². The number of anilines is 1.